The highest BCUT2D eigenvalue weighted by Crippen LogP contribution is 2.20. The van der Waals surface area contributed by atoms with Gasteiger partial charge in [0.2, 0.25) is 5.88 Å². The first-order valence-electron chi connectivity index (χ1n) is 5.86. The zero-order valence-electron chi connectivity index (χ0n) is 10.2. The molecule has 1 aromatic heterocycles. The molecule has 0 saturated heterocycles. The van der Waals surface area contributed by atoms with Crippen molar-refractivity contribution in [1.29, 1.82) is 0 Å². The van der Waals surface area contributed by atoms with E-state index in [2.05, 4.69) is 9.97 Å². The van der Waals surface area contributed by atoms with Crippen molar-refractivity contribution in [3.8, 4) is 5.88 Å². The van der Waals surface area contributed by atoms with Crippen molar-refractivity contribution < 1.29 is 14.6 Å². The van der Waals surface area contributed by atoms with Crippen LogP contribution >= 0.6 is 0 Å². The van der Waals surface area contributed by atoms with Crippen LogP contribution in [0, 0.1) is 0 Å². The van der Waals surface area contributed by atoms with E-state index in [0.29, 0.717) is 24.6 Å². The Morgan fingerprint density at radius 2 is 2.18 bits per heavy atom. The Bertz CT molecular complexity index is 369. The fourth-order valence-corrected chi connectivity index (χ4v) is 1.49. The minimum Gasteiger partial charge on any atom is -0.481 e. The lowest BCUT2D eigenvalue weighted by molar-refractivity contribution is -0.139. The normalized spacial score (nSPS) is 12.1. The average molecular weight is 238 g/mol. The highest BCUT2D eigenvalue weighted by atomic mass is 16.5. The maximum atomic E-state index is 11.1. The van der Waals surface area contributed by atoms with Gasteiger partial charge in [-0.15, -0.1) is 0 Å². The third-order valence-electron chi connectivity index (χ3n) is 2.32. The lowest BCUT2D eigenvalue weighted by Crippen LogP contribution is -2.14. The minimum absolute atomic E-state index is 0.395. The molecule has 0 aliphatic rings. The Hall–Kier alpha value is -1.65. The number of ether oxygens (including phenoxy) is 1. The average Bonchev–Trinajstić information content (AvgIpc) is 2.33. The van der Waals surface area contributed by atoms with Gasteiger partial charge in [0, 0.05) is 6.20 Å². The molecule has 0 aromatic carbocycles. The summed E-state index contributed by atoms with van der Waals surface area (Å²) in [7, 11) is 0. The molecular weight excluding hydrogens is 220 g/mol. The van der Waals surface area contributed by atoms with Gasteiger partial charge < -0.3 is 9.84 Å². The summed E-state index contributed by atoms with van der Waals surface area (Å²) < 4.78 is 5.34. The van der Waals surface area contributed by atoms with Gasteiger partial charge in [-0.3, -0.25) is 9.78 Å². The number of hydrogen-bond donors (Lipinski definition) is 1. The molecule has 0 spiro atoms. The van der Waals surface area contributed by atoms with Crippen LogP contribution < -0.4 is 4.74 Å². The molecule has 0 radical (unpaired) electrons. The standard InChI is InChI=1S/C12H18N2O3/c1-3-5-9(12(15)16)10-7-13-8-11(14-10)17-6-4-2/h7-9H,3-6H2,1-2H3,(H,15,16). The first-order chi connectivity index (χ1) is 8.19. The first-order valence-corrected chi connectivity index (χ1v) is 5.86. The Labute approximate surface area is 101 Å². The van der Waals surface area contributed by atoms with E-state index in [9.17, 15) is 4.79 Å². The molecule has 0 aliphatic carbocycles. The number of carboxylic acids is 1. The second-order valence-electron chi connectivity index (χ2n) is 3.81. The van der Waals surface area contributed by atoms with Gasteiger partial charge >= 0.3 is 5.97 Å². The predicted octanol–water partition coefficient (Wildman–Crippen LogP) is 2.23. The van der Waals surface area contributed by atoms with E-state index in [1.807, 2.05) is 13.8 Å². The Kier molecular flexibility index (Phi) is 5.39. The monoisotopic (exact) mass is 238 g/mol. The van der Waals surface area contributed by atoms with E-state index in [1.54, 1.807) is 0 Å². The molecule has 0 aliphatic heterocycles. The second-order valence-corrected chi connectivity index (χ2v) is 3.81. The van der Waals surface area contributed by atoms with Gasteiger partial charge in [-0.1, -0.05) is 20.3 Å². The topological polar surface area (TPSA) is 72.3 Å². The molecule has 1 N–H and O–H groups in total. The number of aromatic nitrogens is 2. The molecule has 0 fully saturated rings. The molecule has 1 atom stereocenters. The van der Waals surface area contributed by atoms with Crippen molar-refractivity contribution >= 4 is 5.97 Å². The van der Waals surface area contributed by atoms with Crippen molar-refractivity contribution in [2.24, 2.45) is 0 Å². The van der Waals surface area contributed by atoms with Crippen molar-refractivity contribution in [1.82, 2.24) is 9.97 Å². The van der Waals surface area contributed by atoms with E-state index < -0.39 is 11.9 Å². The zero-order valence-corrected chi connectivity index (χ0v) is 10.2. The lowest BCUT2D eigenvalue weighted by atomic mass is 10.0. The number of nitrogens with zero attached hydrogens (tertiary/aromatic N) is 2. The van der Waals surface area contributed by atoms with Gasteiger partial charge in [0.15, 0.2) is 0 Å². The number of carboxylic acid groups (broad SMARTS) is 1. The van der Waals surface area contributed by atoms with E-state index in [4.69, 9.17) is 9.84 Å². The number of rotatable bonds is 7. The SMILES string of the molecule is CCCOc1cncc(C(CCC)C(=O)O)n1. The maximum Gasteiger partial charge on any atom is 0.312 e. The third kappa shape index (κ3) is 4.01. The van der Waals surface area contributed by atoms with Gasteiger partial charge in [0.05, 0.1) is 18.5 Å². The molecule has 0 amide bonds. The second kappa shape index (κ2) is 6.83. The van der Waals surface area contributed by atoms with Crippen LogP contribution in [0.25, 0.3) is 0 Å². The molecule has 1 unspecified atom stereocenters. The van der Waals surface area contributed by atoms with Gasteiger partial charge in [0.1, 0.15) is 5.92 Å². The van der Waals surface area contributed by atoms with Crippen molar-refractivity contribution in [2.45, 2.75) is 39.0 Å². The largest absolute Gasteiger partial charge is 0.481 e. The summed E-state index contributed by atoms with van der Waals surface area (Å²) in [6.45, 7) is 4.50. The third-order valence-corrected chi connectivity index (χ3v) is 2.32. The van der Waals surface area contributed by atoms with E-state index in [-0.39, 0.29) is 0 Å². The van der Waals surface area contributed by atoms with Crippen molar-refractivity contribution in [2.75, 3.05) is 6.61 Å². The molecule has 5 heteroatoms. The van der Waals surface area contributed by atoms with Crippen LogP contribution in [0.2, 0.25) is 0 Å². The molecule has 1 aromatic rings. The molecule has 5 nitrogen and oxygen atoms in total. The first kappa shape index (κ1) is 13.4. The summed E-state index contributed by atoms with van der Waals surface area (Å²) >= 11 is 0. The fourth-order valence-electron chi connectivity index (χ4n) is 1.49. The van der Waals surface area contributed by atoms with Crippen molar-refractivity contribution in [3.63, 3.8) is 0 Å². The summed E-state index contributed by atoms with van der Waals surface area (Å²) in [5, 5.41) is 9.12. The van der Waals surface area contributed by atoms with Gasteiger partial charge in [0.25, 0.3) is 0 Å². The molecule has 1 heterocycles. The van der Waals surface area contributed by atoms with Gasteiger partial charge in [-0.2, -0.15) is 0 Å². The van der Waals surface area contributed by atoms with Crippen LogP contribution in [-0.2, 0) is 4.79 Å². The highest BCUT2D eigenvalue weighted by molar-refractivity contribution is 5.75. The highest BCUT2D eigenvalue weighted by Gasteiger charge is 2.21. The zero-order chi connectivity index (χ0) is 12.7. The quantitative estimate of drug-likeness (QED) is 0.788. The molecule has 17 heavy (non-hydrogen) atoms. The summed E-state index contributed by atoms with van der Waals surface area (Å²) in [4.78, 5) is 19.3. The van der Waals surface area contributed by atoms with Crippen LogP contribution in [-0.4, -0.2) is 27.7 Å². The minimum atomic E-state index is -0.867. The number of carbonyl (C=O) groups is 1. The molecular formula is C12H18N2O3. The summed E-state index contributed by atoms with van der Waals surface area (Å²) in [6, 6.07) is 0. The van der Waals surface area contributed by atoms with Crippen LogP contribution in [0.1, 0.15) is 44.7 Å². The summed E-state index contributed by atoms with van der Waals surface area (Å²) in [5.74, 6) is -1.07. The smallest absolute Gasteiger partial charge is 0.312 e. The molecule has 0 bridgehead atoms. The Morgan fingerprint density at radius 1 is 1.41 bits per heavy atom. The maximum absolute atomic E-state index is 11.1. The van der Waals surface area contributed by atoms with Crippen molar-refractivity contribution in [3.05, 3.63) is 18.1 Å². The summed E-state index contributed by atoms with van der Waals surface area (Å²) in [6.07, 6.45) is 5.22. The summed E-state index contributed by atoms with van der Waals surface area (Å²) in [5.41, 5.74) is 0.466. The Morgan fingerprint density at radius 3 is 2.76 bits per heavy atom. The number of hydrogen-bond acceptors (Lipinski definition) is 4. The predicted molar refractivity (Wildman–Crippen MR) is 63.1 cm³/mol. The van der Waals surface area contributed by atoms with Gasteiger partial charge in [-0.05, 0) is 12.8 Å². The van der Waals surface area contributed by atoms with Crippen LogP contribution in [0.4, 0.5) is 0 Å². The van der Waals surface area contributed by atoms with E-state index in [1.165, 1.54) is 12.4 Å². The van der Waals surface area contributed by atoms with Crippen LogP contribution in [0.3, 0.4) is 0 Å². The molecule has 1 rings (SSSR count). The van der Waals surface area contributed by atoms with E-state index in [0.717, 1.165) is 12.8 Å². The van der Waals surface area contributed by atoms with Crippen LogP contribution in [0.15, 0.2) is 12.4 Å². The van der Waals surface area contributed by atoms with Gasteiger partial charge in [-0.25, -0.2) is 4.98 Å². The fraction of sp³-hybridized carbons (Fsp3) is 0.583. The number of aliphatic carboxylic acids is 1. The molecule has 94 valence electrons. The van der Waals surface area contributed by atoms with E-state index >= 15 is 0 Å². The molecule has 0 saturated carbocycles. The lowest BCUT2D eigenvalue weighted by Gasteiger charge is -2.11. The Balaban J connectivity index is 2.83. The van der Waals surface area contributed by atoms with Crippen LogP contribution in [0.5, 0.6) is 5.88 Å².